The summed E-state index contributed by atoms with van der Waals surface area (Å²) in [4.78, 5) is 37.7. The SMILES string of the molecule is CCCCCCCCCCOc1ccc(C(=O)Oc2ccc(C(=O)Oc3ccc(C(=O)O[C@H](C)CCCCCC)cc3)cc2)cc1F. The molecule has 0 aromatic heterocycles. The molecular formula is C39H49FO7. The van der Waals surface area contributed by atoms with Gasteiger partial charge in [0.05, 0.1) is 29.4 Å². The number of rotatable bonds is 21. The van der Waals surface area contributed by atoms with Crippen molar-refractivity contribution in [3.05, 3.63) is 89.2 Å². The number of ether oxygens (including phenoxy) is 4. The van der Waals surface area contributed by atoms with E-state index >= 15 is 0 Å². The van der Waals surface area contributed by atoms with Crippen LogP contribution in [-0.4, -0.2) is 30.6 Å². The molecule has 254 valence electrons. The summed E-state index contributed by atoms with van der Waals surface area (Å²) in [6.07, 6.45) is 14.4. The largest absolute Gasteiger partial charge is 0.491 e. The summed E-state index contributed by atoms with van der Waals surface area (Å²) < 4.78 is 36.4. The molecular weight excluding hydrogens is 599 g/mol. The lowest BCUT2D eigenvalue weighted by molar-refractivity contribution is 0.0319. The summed E-state index contributed by atoms with van der Waals surface area (Å²) in [6, 6.07) is 16.0. The van der Waals surface area contributed by atoms with Crippen LogP contribution in [0.1, 0.15) is 135 Å². The van der Waals surface area contributed by atoms with Crippen LogP contribution in [0.3, 0.4) is 0 Å². The Morgan fingerprint density at radius 1 is 0.596 bits per heavy atom. The van der Waals surface area contributed by atoms with Gasteiger partial charge in [-0.25, -0.2) is 18.8 Å². The van der Waals surface area contributed by atoms with E-state index in [4.69, 9.17) is 18.9 Å². The van der Waals surface area contributed by atoms with Crippen molar-refractivity contribution < 1.29 is 37.7 Å². The van der Waals surface area contributed by atoms with Crippen molar-refractivity contribution in [3.8, 4) is 17.2 Å². The zero-order valence-electron chi connectivity index (χ0n) is 28.1. The molecule has 3 rings (SSSR count). The van der Waals surface area contributed by atoms with Crippen LogP contribution in [0.5, 0.6) is 17.2 Å². The summed E-state index contributed by atoms with van der Waals surface area (Å²) in [5.74, 6) is -1.86. The predicted molar refractivity (Wildman–Crippen MR) is 181 cm³/mol. The molecule has 0 aliphatic rings. The monoisotopic (exact) mass is 648 g/mol. The highest BCUT2D eigenvalue weighted by molar-refractivity contribution is 5.93. The van der Waals surface area contributed by atoms with E-state index in [-0.39, 0.29) is 34.5 Å². The van der Waals surface area contributed by atoms with Gasteiger partial charge in [0.2, 0.25) is 0 Å². The molecule has 3 aromatic carbocycles. The Bertz CT molecular complexity index is 1390. The first kappa shape index (κ1) is 37.3. The van der Waals surface area contributed by atoms with E-state index in [1.54, 1.807) is 12.1 Å². The first-order chi connectivity index (χ1) is 22.8. The lowest BCUT2D eigenvalue weighted by Gasteiger charge is -2.13. The number of unbranched alkanes of at least 4 members (excludes halogenated alkanes) is 10. The van der Waals surface area contributed by atoms with Crippen LogP contribution in [0.4, 0.5) is 4.39 Å². The van der Waals surface area contributed by atoms with Crippen molar-refractivity contribution in [1.82, 2.24) is 0 Å². The third-order valence-corrected chi connectivity index (χ3v) is 7.80. The van der Waals surface area contributed by atoms with Gasteiger partial charge in [0.25, 0.3) is 0 Å². The molecule has 0 heterocycles. The third kappa shape index (κ3) is 13.6. The lowest BCUT2D eigenvalue weighted by atomic mass is 10.1. The Morgan fingerprint density at radius 2 is 1.06 bits per heavy atom. The van der Waals surface area contributed by atoms with Gasteiger partial charge in [-0.15, -0.1) is 0 Å². The Labute approximate surface area is 278 Å². The summed E-state index contributed by atoms with van der Waals surface area (Å²) >= 11 is 0. The van der Waals surface area contributed by atoms with Gasteiger partial charge in [-0.2, -0.15) is 0 Å². The lowest BCUT2D eigenvalue weighted by Crippen LogP contribution is -2.15. The van der Waals surface area contributed by atoms with Crippen LogP contribution in [0.15, 0.2) is 66.7 Å². The fourth-order valence-electron chi connectivity index (χ4n) is 4.98. The molecule has 47 heavy (non-hydrogen) atoms. The van der Waals surface area contributed by atoms with Gasteiger partial charge in [-0.05, 0) is 92.9 Å². The van der Waals surface area contributed by atoms with E-state index < -0.39 is 23.7 Å². The fourth-order valence-corrected chi connectivity index (χ4v) is 4.98. The molecule has 0 bridgehead atoms. The molecule has 0 fully saturated rings. The van der Waals surface area contributed by atoms with Crippen LogP contribution in [-0.2, 0) is 4.74 Å². The van der Waals surface area contributed by atoms with Crippen LogP contribution in [0.25, 0.3) is 0 Å². The second kappa shape index (κ2) is 20.8. The van der Waals surface area contributed by atoms with Crippen molar-refractivity contribution in [2.24, 2.45) is 0 Å². The third-order valence-electron chi connectivity index (χ3n) is 7.80. The van der Waals surface area contributed by atoms with Crippen molar-refractivity contribution in [1.29, 1.82) is 0 Å². The maximum atomic E-state index is 14.6. The average Bonchev–Trinajstić information content (AvgIpc) is 3.07. The molecule has 0 unspecified atom stereocenters. The molecule has 0 aliphatic carbocycles. The Kier molecular flexibility index (Phi) is 16.5. The second-order valence-electron chi connectivity index (χ2n) is 11.9. The topological polar surface area (TPSA) is 88.1 Å². The number of carbonyl (C=O) groups excluding carboxylic acids is 3. The second-order valence-corrected chi connectivity index (χ2v) is 11.9. The van der Waals surface area contributed by atoms with Gasteiger partial charge in [-0.3, -0.25) is 0 Å². The van der Waals surface area contributed by atoms with Crippen molar-refractivity contribution in [2.75, 3.05) is 6.61 Å². The number of benzene rings is 3. The molecule has 7 nitrogen and oxygen atoms in total. The van der Waals surface area contributed by atoms with Gasteiger partial charge in [-0.1, -0.05) is 78.1 Å². The molecule has 0 saturated carbocycles. The average molecular weight is 649 g/mol. The van der Waals surface area contributed by atoms with Crippen molar-refractivity contribution in [2.45, 2.75) is 110 Å². The molecule has 0 N–H and O–H groups in total. The van der Waals surface area contributed by atoms with Gasteiger partial charge in [0.1, 0.15) is 11.5 Å². The van der Waals surface area contributed by atoms with E-state index in [1.807, 2.05) is 6.92 Å². The standard InChI is InChI=1S/C39H49FO7/c1-4-6-8-10-11-12-13-15-27-44-36-26-21-32(28-35(36)40)39(43)47-34-24-19-31(20-25-34)38(42)46-33-22-17-30(18-23-33)37(41)45-29(3)16-14-9-7-5-2/h17-26,28-29H,4-16,27H2,1-3H3/t29-/m1/s1. The maximum Gasteiger partial charge on any atom is 0.343 e. The minimum atomic E-state index is -0.738. The number of hydrogen-bond donors (Lipinski definition) is 0. The minimum Gasteiger partial charge on any atom is -0.491 e. The van der Waals surface area contributed by atoms with Gasteiger partial charge >= 0.3 is 17.9 Å². The Hall–Kier alpha value is -4.20. The zero-order valence-corrected chi connectivity index (χ0v) is 28.1. The molecule has 0 aliphatic heterocycles. The van der Waals surface area contributed by atoms with Crippen LogP contribution >= 0.6 is 0 Å². The smallest absolute Gasteiger partial charge is 0.343 e. The molecule has 3 aromatic rings. The van der Waals surface area contributed by atoms with Crippen LogP contribution < -0.4 is 14.2 Å². The minimum absolute atomic E-state index is 0.0409. The number of esters is 3. The van der Waals surface area contributed by atoms with E-state index in [0.717, 1.165) is 51.0 Å². The maximum absolute atomic E-state index is 14.6. The highest BCUT2D eigenvalue weighted by atomic mass is 19.1. The van der Waals surface area contributed by atoms with Gasteiger partial charge in [0.15, 0.2) is 11.6 Å². The molecule has 0 spiro atoms. The zero-order chi connectivity index (χ0) is 33.9. The summed E-state index contributed by atoms with van der Waals surface area (Å²) in [7, 11) is 0. The van der Waals surface area contributed by atoms with E-state index in [0.29, 0.717) is 12.2 Å². The quantitative estimate of drug-likeness (QED) is 0.0645. The van der Waals surface area contributed by atoms with Crippen molar-refractivity contribution in [3.63, 3.8) is 0 Å². The number of carbonyl (C=O) groups is 3. The van der Waals surface area contributed by atoms with E-state index in [9.17, 15) is 18.8 Å². The van der Waals surface area contributed by atoms with Gasteiger partial charge < -0.3 is 18.9 Å². The number of halogens is 1. The normalized spacial score (nSPS) is 11.5. The van der Waals surface area contributed by atoms with E-state index in [2.05, 4.69) is 13.8 Å². The molecule has 1 atom stereocenters. The first-order valence-corrected chi connectivity index (χ1v) is 17.1. The summed E-state index contributed by atoms with van der Waals surface area (Å²) in [5, 5.41) is 0. The first-order valence-electron chi connectivity index (χ1n) is 17.1. The molecule has 0 saturated heterocycles. The van der Waals surface area contributed by atoms with Gasteiger partial charge in [0, 0.05) is 0 Å². The Morgan fingerprint density at radius 3 is 1.62 bits per heavy atom. The van der Waals surface area contributed by atoms with Crippen molar-refractivity contribution >= 4 is 17.9 Å². The van der Waals surface area contributed by atoms with Crippen LogP contribution in [0, 0.1) is 5.82 Å². The summed E-state index contributed by atoms with van der Waals surface area (Å²) in [6.45, 7) is 6.66. The highest BCUT2D eigenvalue weighted by Crippen LogP contribution is 2.22. The van der Waals surface area contributed by atoms with E-state index in [1.165, 1.54) is 87.1 Å². The highest BCUT2D eigenvalue weighted by Gasteiger charge is 2.16. The molecule has 0 radical (unpaired) electrons. The Balaban J connectivity index is 1.42. The molecule has 0 amide bonds. The number of hydrogen-bond acceptors (Lipinski definition) is 7. The van der Waals surface area contributed by atoms with Crippen LogP contribution in [0.2, 0.25) is 0 Å². The fraction of sp³-hybridized carbons (Fsp3) is 0.462. The molecule has 8 heteroatoms. The summed E-state index contributed by atoms with van der Waals surface area (Å²) in [5.41, 5.74) is 0.644. The predicted octanol–water partition coefficient (Wildman–Crippen LogP) is 10.3.